The van der Waals surface area contributed by atoms with E-state index in [9.17, 15) is 24.2 Å². The normalized spacial score (nSPS) is 20.3. The molecule has 0 radical (unpaired) electrons. The Balaban J connectivity index is 1.68. The number of aliphatic hydroxyl groups excluding tert-OH is 1. The number of likely N-dealkylation sites (tertiary alicyclic amines) is 1. The highest BCUT2D eigenvalue weighted by Crippen LogP contribution is 2.39. The van der Waals surface area contributed by atoms with Crippen molar-refractivity contribution in [3.63, 3.8) is 0 Å². The number of benzene rings is 1. The highest BCUT2D eigenvalue weighted by atomic mass is 19.1. The van der Waals surface area contributed by atoms with Crippen molar-refractivity contribution in [2.45, 2.75) is 64.5 Å². The molecule has 2 amide bonds. The van der Waals surface area contributed by atoms with Gasteiger partial charge in [-0.2, -0.15) is 0 Å². The van der Waals surface area contributed by atoms with E-state index in [-0.39, 0.29) is 48.1 Å². The summed E-state index contributed by atoms with van der Waals surface area (Å²) in [6.07, 6.45) is 2.61. The average Bonchev–Trinajstić information content (AvgIpc) is 3.68. The van der Waals surface area contributed by atoms with Gasteiger partial charge in [0.15, 0.2) is 5.69 Å². The molecule has 1 aromatic heterocycles. The van der Waals surface area contributed by atoms with Crippen LogP contribution in [0, 0.1) is 23.6 Å². The zero-order valence-corrected chi connectivity index (χ0v) is 23.0. The van der Waals surface area contributed by atoms with Crippen LogP contribution in [0.15, 0.2) is 24.3 Å². The zero-order valence-electron chi connectivity index (χ0n) is 23.0. The number of unbranched alkanes of at least 4 members (excludes halogenated alkanes) is 1. The predicted molar refractivity (Wildman–Crippen MR) is 142 cm³/mol. The number of aliphatic hydroxyl groups is 1. The molecule has 2 aliphatic rings. The first-order valence-electron chi connectivity index (χ1n) is 13.9. The standard InChI is InChI=1S/C28H40FN5O5/c1-18(2)15-33(21-14-20(26(35)19-11-12-19)16-32(17-21)28(37)38)27(36)25-24(10-6-7-13-39-3)34(31-30-25)23-9-5-4-8-22(23)29/h4-5,8-9,18-21,26,35H,6-7,10-17H2,1-3H3,(H,37,38)/t20-,21+,26?/m1/s1. The maximum Gasteiger partial charge on any atom is 0.407 e. The predicted octanol–water partition coefficient (Wildman–Crippen LogP) is 3.61. The van der Waals surface area contributed by atoms with Gasteiger partial charge in [0, 0.05) is 39.3 Å². The fourth-order valence-corrected chi connectivity index (χ4v) is 5.54. The molecule has 1 unspecified atom stereocenters. The SMILES string of the molecule is COCCCCc1c(C(=O)N(CC(C)C)[C@H]2C[C@@H](C(O)C3CC3)CN(C(=O)O)C2)nnn1-c1ccccc1F. The third kappa shape index (κ3) is 6.94. The number of halogens is 1. The summed E-state index contributed by atoms with van der Waals surface area (Å²) in [5.74, 6) is -0.784. The lowest BCUT2D eigenvalue weighted by Crippen LogP contribution is -2.56. The van der Waals surface area contributed by atoms with E-state index in [1.165, 1.54) is 15.6 Å². The average molecular weight is 546 g/mol. The summed E-state index contributed by atoms with van der Waals surface area (Å²) in [7, 11) is 1.63. The molecule has 1 aromatic carbocycles. The van der Waals surface area contributed by atoms with Crippen LogP contribution in [-0.2, 0) is 11.2 Å². The Hall–Kier alpha value is -3.05. The number of carbonyl (C=O) groups is 2. The lowest BCUT2D eigenvalue weighted by molar-refractivity contribution is 0.00115. The van der Waals surface area contributed by atoms with Gasteiger partial charge in [-0.25, -0.2) is 13.9 Å². The Bertz CT molecular complexity index is 1140. The Morgan fingerprint density at radius 3 is 2.56 bits per heavy atom. The zero-order chi connectivity index (χ0) is 28.1. The third-order valence-corrected chi connectivity index (χ3v) is 7.64. The number of nitrogens with zero attached hydrogens (tertiary/aromatic N) is 5. The molecule has 4 rings (SSSR count). The van der Waals surface area contributed by atoms with E-state index in [1.807, 2.05) is 13.8 Å². The van der Waals surface area contributed by atoms with E-state index in [0.717, 1.165) is 19.3 Å². The number of aromatic nitrogens is 3. The van der Waals surface area contributed by atoms with Gasteiger partial charge in [0.1, 0.15) is 11.5 Å². The fraction of sp³-hybridized carbons (Fsp3) is 0.643. The minimum absolute atomic E-state index is 0.104. The first-order valence-corrected chi connectivity index (χ1v) is 13.9. The molecule has 0 bridgehead atoms. The van der Waals surface area contributed by atoms with Crippen molar-refractivity contribution in [1.82, 2.24) is 24.8 Å². The lowest BCUT2D eigenvalue weighted by Gasteiger charge is -2.43. The summed E-state index contributed by atoms with van der Waals surface area (Å²) >= 11 is 0. The number of amides is 2. The number of para-hydroxylation sites is 1. The van der Waals surface area contributed by atoms with Gasteiger partial charge in [0.05, 0.1) is 17.8 Å². The first-order chi connectivity index (χ1) is 18.7. The van der Waals surface area contributed by atoms with E-state index < -0.39 is 24.1 Å². The monoisotopic (exact) mass is 545 g/mol. The molecule has 3 atom stereocenters. The molecule has 2 aromatic rings. The number of ether oxygens (including phenoxy) is 1. The van der Waals surface area contributed by atoms with Gasteiger partial charge < -0.3 is 24.7 Å². The molecule has 1 aliphatic heterocycles. The second-order valence-electron chi connectivity index (χ2n) is 11.2. The summed E-state index contributed by atoms with van der Waals surface area (Å²) in [5.41, 5.74) is 0.863. The molecule has 10 nitrogen and oxygen atoms in total. The summed E-state index contributed by atoms with van der Waals surface area (Å²) in [6, 6.07) is 5.80. The number of rotatable bonds is 12. The number of hydrogen-bond acceptors (Lipinski definition) is 6. The molecule has 1 saturated carbocycles. The molecule has 11 heteroatoms. The van der Waals surface area contributed by atoms with Crippen molar-refractivity contribution < 1.29 is 28.9 Å². The number of hydrogen-bond donors (Lipinski definition) is 2. The van der Waals surface area contributed by atoms with Gasteiger partial charge in [-0.15, -0.1) is 5.10 Å². The molecule has 39 heavy (non-hydrogen) atoms. The molecule has 1 aliphatic carbocycles. The number of carbonyl (C=O) groups excluding carboxylic acids is 1. The molecule has 0 spiro atoms. The second kappa shape index (κ2) is 12.9. The van der Waals surface area contributed by atoms with Crippen molar-refractivity contribution in [3.8, 4) is 5.69 Å². The fourth-order valence-electron chi connectivity index (χ4n) is 5.54. The van der Waals surface area contributed by atoms with Gasteiger partial charge >= 0.3 is 6.09 Å². The Morgan fingerprint density at radius 1 is 1.18 bits per heavy atom. The summed E-state index contributed by atoms with van der Waals surface area (Å²) in [6.45, 7) is 5.35. The lowest BCUT2D eigenvalue weighted by atomic mass is 9.86. The Kier molecular flexibility index (Phi) is 9.55. The molecule has 2 heterocycles. The van der Waals surface area contributed by atoms with Crippen LogP contribution in [0.25, 0.3) is 5.69 Å². The van der Waals surface area contributed by atoms with E-state index >= 15 is 0 Å². The minimum atomic E-state index is -1.06. The molecule has 1 saturated heterocycles. The first kappa shape index (κ1) is 28.9. The Morgan fingerprint density at radius 2 is 1.92 bits per heavy atom. The highest BCUT2D eigenvalue weighted by molar-refractivity contribution is 5.93. The van der Waals surface area contributed by atoms with Crippen LogP contribution in [0.4, 0.5) is 9.18 Å². The number of methoxy groups -OCH3 is 1. The van der Waals surface area contributed by atoms with Gasteiger partial charge in [-0.3, -0.25) is 4.79 Å². The summed E-state index contributed by atoms with van der Waals surface area (Å²) < 4.78 is 21.3. The van der Waals surface area contributed by atoms with Crippen LogP contribution < -0.4 is 0 Å². The van der Waals surface area contributed by atoms with Crippen molar-refractivity contribution in [2.24, 2.45) is 17.8 Å². The van der Waals surface area contributed by atoms with Crippen LogP contribution in [-0.4, -0.2) is 92.5 Å². The highest BCUT2D eigenvalue weighted by Gasteiger charge is 2.43. The van der Waals surface area contributed by atoms with Gasteiger partial charge in [0.25, 0.3) is 5.91 Å². The molecule has 214 valence electrons. The third-order valence-electron chi connectivity index (χ3n) is 7.64. The number of carboxylic acid groups (broad SMARTS) is 1. The van der Waals surface area contributed by atoms with Crippen LogP contribution in [0.3, 0.4) is 0 Å². The van der Waals surface area contributed by atoms with E-state index in [1.54, 1.807) is 30.2 Å². The molecular formula is C28H40FN5O5. The van der Waals surface area contributed by atoms with Crippen LogP contribution in [0.2, 0.25) is 0 Å². The summed E-state index contributed by atoms with van der Waals surface area (Å²) in [5, 5.41) is 29.2. The van der Waals surface area contributed by atoms with Crippen LogP contribution >= 0.6 is 0 Å². The maximum atomic E-state index is 14.7. The molecular weight excluding hydrogens is 505 g/mol. The maximum absolute atomic E-state index is 14.7. The van der Waals surface area contributed by atoms with Crippen molar-refractivity contribution in [1.29, 1.82) is 0 Å². The molecule has 2 fully saturated rings. The van der Waals surface area contributed by atoms with Gasteiger partial charge in [-0.05, 0) is 62.5 Å². The second-order valence-corrected chi connectivity index (χ2v) is 11.2. The number of piperidine rings is 1. The Labute approximate surface area is 228 Å². The van der Waals surface area contributed by atoms with Crippen LogP contribution in [0.1, 0.15) is 62.1 Å². The largest absolute Gasteiger partial charge is 0.465 e. The van der Waals surface area contributed by atoms with Crippen LogP contribution in [0.5, 0.6) is 0 Å². The topological polar surface area (TPSA) is 121 Å². The summed E-state index contributed by atoms with van der Waals surface area (Å²) in [4.78, 5) is 29.2. The minimum Gasteiger partial charge on any atom is -0.465 e. The van der Waals surface area contributed by atoms with Crippen molar-refractivity contribution >= 4 is 12.0 Å². The quantitative estimate of drug-likeness (QED) is 0.391. The molecule has 2 N–H and O–H groups in total. The van der Waals surface area contributed by atoms with Crippen molar-refractivity contribution in [2.75, 3.05) is 33.4 Å². The van der Waals surface area contributed by atoms with Crippen molar-refractivity contribution in [3.05, 3.63) is 41.5 Å². The smallest absolute Gasteiger partial charge is 0.407 e. The van der Waals surface area contributed by atoms with E-state index in [4.69, 9.17) is 4.74 Å². The van der Waals surface area contributed by atoms with E-state index in [2.05, 4.69) is 10.3 Å². The van der Waals surface area contributed by atoms with Gasteiger partial charge in [0.2, 0.25) is 0 Å². The van der Waals surface area contributed by atoms with Gasteiger partial charge in [-0.1, -0.05) is 31.2 Å². The van der Waals surface area contributed by atoms with E-state index in [0.29, 0.717) is 38.1 Å².